The van der Waals surface area contributed by atoms with Crippen molar-refractivity contribution in [3.05, 3.63) is 83.0 Å². The largest absolute Gasteiger partial charge is 0.512 e. The summed E-state index contributed by atoms with van der Waals surface area (Å²) in [6.45, 7) is 5.57. The number of allylic oxidation sites excluding steroid dienone is 2. The van der Waals surface area contributed by atoms with E-state index in [1.165, 1.54) is 6.92 Å². The van der Waals surface area contributed by atoms with Crippen LogP contribution in [0.1, 0.15) is 36.9 Å². The van der Waals surface area contributed by atoms with Crippen LogP contribution in [0, 0.1) is 0 Å². The first-order valence-corrected chi connectivity index (χ1v) is 8.45. The fourth-order valence-corrected chi connectivity index (χ4v) is 3.28. The number of amides is 1. The second-order valence-corrected chi connectivity index (χ2v) is 6.42. The van der Waals surface area contributed by atoms with Crippen LogP contribution in [0.25, 0.3) is 5.57 Å². The molecule has 128 valence electrons. The summed E-state index contributed by atoms with van der Waals surface area (Å²) in [5.41, 5.74) is 2.61. The van der Waals surface area contributed by atoms with E-state index < -0.39 is 0 Å². The molecular weight excluding hydrogens is 336 g/mol. The summed E-state index contributed by atoms with van der Waals surface area (Å²) in [6.07, 6.45) is 3.16. The molecule has 0 spiro atoms. The molecule has 3 rings (SSSR count). The first kappa shape index (κ1) is 17.2. The van der Waals surface area contributed by atoms with Crippen molar-refractivity contribution in [3.8, 4) is 0 Å². The number of carbonyl (C=O) groups is 1. The zero-order chi connectivity index (χ0) is 18.0. The predicted octanol–water partition coefficient (Wildman–Crippen LogP) is 4.90. The number of likely N-dealkylation sites (tertiary alicyclic amines) is 1. The minimum atomic E-state index is -0.256. The molecule has 2 heterocycles. The molecule has 1 unspecified atom stereocenters. The third-order valence-corrected chi connectivity index (χ3v) is 4.57. The standard InChI is InChI=1S/C20H19ClN2O2/c1-13-8-10-17(16-9-11-18(21)22-12-16)23(13)20(25)19(14(2)24)15-6-4-3-5-7-15/h3-7,9,11-12,17,24H,1,8,10H2,2H3/b19-14+. The van der Waals surface area contributed by atoms with Crippen molar-refractivity contribution in [1.82, 2.24) is 9.88 Å². The van der Waals surface area contributed by atoms with E-state index >= 15 is 0 Å². The van der Waals surface area contributed by atoms with Crippen molar-refractivity contribution < 1.29 is 9.90 Å². The van der Waals surface area contributed by atoms with E-state index in [2.05, 4.69) is 11.6 Å². The lowest BCUT2D eigenvalue weighted by atomic mass is 10.0. The zero-order valence-corrected chi connectivity index (χ0v) is 14.7. The molecule has 1 aliphatic rings. The average Bonchev–Trinajstić information content (AvgIpc) is 2.98. The van der Waals surface area contributed by atoms with Crippen LogP contribution in [0.2, 0.25) is 5.15 Å². The van der Waals surface area contributed by atoms with Gasteiger partial charge in [-0.15, -0.1) is 0 Å². The number of aromatic nitrogens is 1. The van der Waals surface area contributed by atoms with Gasteiger partial charge >= 0.3 is 0 Å². The predicted molar refractivity (Wildman–Crippen MR) is 98.9 cm³/mol. The molecule has 5 heteroatoms. The molecule has 1 aromatic carbocycles. The Bertz CT molecular complexity index is 825. The highest BCUT2D eigenvalue weighted by atomic mass is 35.5. The van der Waals surface area contributed by atoms with Crippen LogP contribution in [0.3, 0.4) is 0 Å². The highest BCUT2D eigenvalue weighted by Crippen LogP contribution is 2.40. The first-order chi connectivity index (χ1) is 12.0. The molecule has 1 aromatic heterocycles. The van der Waals surface area contributed by atoms with E-state index in [-0.39, 0.29) is 23.3 Å². The van der Waals surface area contributed by atoms with Crippen molar-refractivity contribution in [2.24, 2.45) is 0 Å². The Hall–Kier alpha value is -2.59. The number of carbonyl (C=O) groups excluding carboxylic acids is 1. The Morgan fingerprint density at radius 2 is 2.00 bits per heavy atom. The van der Waals surface area contributed by atoms with Crippen LogP contribution >= 0.6 is 11.6 Å². The van der Waals surface area contributed by atoms with Crippen LogP contribution in [-0.4, -0.2) is 20.9 Å². The van der Waals surface area contributed by atoms with Crippen molar-refractivity contribution in [2.45, 2.75) is 25.8 Å². The van der Waals surface area contributed by atoms with Crippen molar-refractivity contribution in [2.75, 3.05) is 0 Å². The van der Waals surface area contributed by atoms with E-state index in [9.17, 15) is 9.90 Å². The number of aliphatic hydroxyl groups excluding tert-OH is 1. The molecular formula is C20H19ClN2O2. The lowest BCUT2D eigenvalue weighted by molar-refractivity contribution is -0.124. The Kier molecular flexibility index (Phi) is 4.91. The van der Waals surface area contributed by atoms with Crippen molar-refractivity contribution in [3.63, 3.8) is 0 Å². The summed E-state index contributed by atoms with van der Waals surface area (Å²) in [4.78, 5) is 19.0. The lowest BCUT2D eigenvalue weighted by Gasteiger charge is -2.27. The van der Waals surface area contributed by atoms with Gasteiger partial charge in [0.05, 0.1) is 11.6 Å². The van der Waals surface area contributed by atoms with Gasteiger partial charge in [-0.3, -0.25) is 4.79 Å². The Morgan fingerprint density at radius 3 is 2.60 bits per heavy atom. The van der Waals surface area contributed by atoms with Gasteiger partial charge in [0.1, 0.15) is 10.9 Å². The van der Waals surface area contributed by atoms with E-state index in [1.807, 2.05) is 36.4 Å². The third-order valence-electron chi connectivity index (χ3n) is 4.35. The second kappa shape index (κ2) is 7.11. The number of nitrogens with zero attached hydrogens (tertiary/aromatic N) is 2. The van der Waals surface area contributed by atoms with Crippen LogP contribution in [-0.2, 0) is 4.79 Å². The maximum atomic E-state index is 13.2. The molecule has 25 heavy (non-hydrogen) atoms. The maximum Gasteiger partial charge on any atom is 0.262 e. The van der Waals surface area contributed by atoms with Gasteiger partial charge in [-0.2, -0.15) is 0 Å². The number of pyridine rings is 1. The number of hydrogen-bond acceptors (Lipinski definition) is 3. The molecule has 1 N–H and O–H groups in total. The van der Waals surface area contributed by atoms with Gasteiger partial charge in [0, 0.05) is 11.9 Å². The first-order valence-electron chi connectivity index (χ1n) is 8.07. The van der Waals surface area contributed by atoms with E-state index in [0.29, 0.717) is 17.1 Å². The smallest absolute Gasteiger partial charge is 0.262 e. The maximum absolute atomic E-state index is 13.2. The topological polar surface area (TPSA) is 53.4 Å². The number of rotatable bonds is 3. The van der Waals surface area contributed by atoms with Gasteiger partial charge in [0.25, 0.3) is 5.91 Å². The summed E-state index contributed by atoms with van der Waals surface area (Å²) >= 11 is 5.87. The number of benzene rings is 1. The van der Waals surface area contributed by atoms with Crippen LogP contribution in [0.5, 0.6) is 0 Å². The van der Waals surface area contributed by atoms with E-state index in [4.69, 9.17) is 11.6 Å². The van der Waals surface area contributed by atoms with Gasteiger partial charge in [-0.1, -0.05) is 54.6 Å². The zero-order valence-electron chi connectivity index (χ0n) is 13.9. The summed E-state index contributed by atoms with van der Waals surface area (Å²) in [6, 6.07) is 12.6. The summed E-state index contributed by atoms with van der Waals surface area (Å²) < 4.78 is 0. The van der Waals surface area contributed by atoms with E-state index in [0.717, 1.165) is 17.7 Å². The van der Waals surface area contributed by atoms with Crippen molar-refractivity contribution >= 4 is 23.1 Å². The molecule has 4 nitrogen and oxygen atoms in total. The summed E-state index contributed by atoms with van der Waals surface area (Å²) in [7, 11) is 0. The fourth-order valence-electron chi connectivity index (χ4n) is 3.17. The molecule has 0 radical (unpaired) electrons. The average molecular weight is 355 g/mol. The number of aliphatic hydroxyl groups is 1. The summed E-state index contributed by atoms with van der Waals surface area (Å²) in [5, 5.41) is 10.6. The van der Waals surface area contributed by atoms with E-state index in [1.54, 1.807) is 17.2 Å². The van der Waals surface area contributed by atoms with Crippen LogP contribution < -0.4 is 0 Å². The minimum Gasteiger partial charge on any atom is -0.512 e. The quantitative estimate of drug-likeness (QED) is 0.484. The molecule has 1 amide bonds. The highest BCUT2D eigenvalue weighted by molar-refractivity contribution is 6.29. The Balaban J connectivity index is 1.99. The Morgan fingerprint density at radius 1 is 1.28 bits per heavy atom. The van der Waals surface area contributed by atoms with Gasteiger partial charge in [-0.25, -0.2) is 4.98 Å². The van der Waals surface area contributed by atoms with Crippen LogP contribution in [0.4, 0.5) is 0 Å². The van der Waals surface area contributed by atoms with Gasteiger partial charge in [-0.05, 0) is 37.0 Å². The van der Waals surface area contributed by atoms with Gasteiger partial charge in [0.15, 0.2) is 0 Å². The SMILES string of the molecule is C=C1CCC(c2ccc(Cl)nc2)N1C(=O)/C(=C(\C)O)c1ccccc1. The molecule has 1 fully saturated rings. The molecule has 0 aliphatic carbocycles. The van der Waals surface area contributed by atoms with Gasteiger partial charge in [0.2, 0.25) is 0 Å². The van der Waals surface area contributed by atoms with Crippen molar-refractivity contribution in [1.29, 1.82) is 0 Å². The fraction of sp³-hybridized carbons (Fsp3) is 0.200. The van der Waals surface area contributed by atoms with Gasteiger partial charge < -0.3 is 10.0 Å². The number of halogens is 1. The second-order valence-electron chi connectivity index (χ2n) is 6.04. The van der Waals surface area contributed by atoms with Crippen LogP contribution in [0.15, 0.2) is 66.7 Å². The molecule has 0 bridgehead atoms. The monoisotopic (exact) mass is 354 g/mol. The molecule has 1 aliphatic heterocycles. The normalized spacial score (nSPS) is 18.2. The molecule has 1 atom stereocenters. The minimum absolute atomic E-state index is 0.0103. The molecule has 1 saturated heterocycles. The highest BCUT2D eigenvalue weighted by Gasteiger charge is 2.35. The lowest BCUT2D eigenvalue weighted by Crippen LogP contribution is -2.30. The number of hydrogen-bond donors (Lipinski definition) is 1. The third kappa shape index (κ3) is 3.44. The molecule has 2 aromatic rings. The Labute approximate surface area is 152 Å². The summed E-state index contributed by atoms with van der Waals surface area (Å²) in [5.74, 6) is -0.266. The molecule has 0 saturated carbocycles.